The van der Waals surface area contributed by atoms with Crippen molar-refractivity contribution in [1.82, 2.24) is 0 Å². The lowest BCUT2D eigenvalue weighted by molar-refractivity contribution is 0.562. The second-order valence-corrected chi connectivity index (χ2v) is 4.91. The Balaban J connectivity index is 2.34. The minimum Gasteiger partial charge on any atom is -0.211 e. The minimum absolute atomic E-state index is 0.472. The Morgan fingerprint density at radius 3 is 3.29 bits per heavy atom. The standard InChI is InChI=1S/C11H11NOS/c1-8-5-10-9(6-12-7-13)3-2-4-11(10)14-8/h2-4,8H,5-6H2,1H3. The fraction of sp³-hybridized carbons (Fsp3) is 0.364. The summed E-state index contributed by atoms with van der Waals surface area (Å²) in [5.74, 6) is 0. The topological polar surface area (TPSA) is 29.4 Å². The van der Waals surface area contributed by atoms with Crippen molar-refractivity contribution in [3.8, 4) is 0 Å². The average molecular weight is 205 g/mol. The van der Waals surface area contributed by atoms with Gasteiger partial charge in [-0.1, -0.05) is 19.1 Å². The molecule has 0 saturated heterocycles. The molecule has 2 rings (SSSR count). The average Bonchev–Trinajstić information content (AvgIpc) is 2.55. The van der Waals surface area contributed by atoms with Crippen LogP contribution >= 0.6 is 11.8 Å². The van der Waals surface area contributed by atoms with E-state index in [0.29, 0.717) is 11.8 Å². The summed E-state index contributed by atoms with van der Waals surface area (Å²) in [4.78, 5) is 15.0. The molecule has 1 aromatic rings. The monoisotopic (exact) mass is 205 g/mol. The van der Waals surface area contributed by atoms with E-state index in [4.69, 9.17) is 0 Å². The van der Waals surface area contributed by atoms with Crippen LogP contribution in [0.4, 0.5) is 0 Å². The number of rotatable bonds is 2. The third-order valence-electron chi connectivity index (χ3n) is 2.36. The lowest BCUT2D eigenvalue weighted by Gasteiger charge is -2.03. The third-order valence-corrected chi connectivity index (χ3v) is 3.57. The van der Waals surface area contributed by atoms with Crippen molar-refractivity contribution in [1.29, 1.82) is 0 Å². The fourth-order valence-corrected chi connectivity index (χ4v) is 2.96. The molecule has 1 aliphatic rings. The number of carbonyl (C=O) groups excluding carboxylic acids is 1. The second kappa shape index (κ2) is 3.99. The van der Waals surface area contributed by atoms with Crippen LogP contribution in [-0.2, 0) is 17.8 Å². The van der Waals surface area contributed by atoms with E-state index in [-0.39, 0.29) is 0 Å². The molecule has 2 nitrogen and oxygen atoms in total. The van der Waals surface area contributed by atoms with Gasteiger partial charge in [-0.05, 0) is 23.6 Å². The summed E-state index contributed by atoms with van der Waals surface area (Å²) in [6.45, 7) is 2.69. The van der Waals surface area contributed by atoms with Crippen LogP contribution < -0.4 is 0 Å². The van der Waals surface area contributed by atoms with E-state index in [0.717, 1.165) is 6.42 Å². The van der Waals surface area contributed by atoms with Crippen LogP contribution in [0.5, 0.6) is 0 Å². The summed E-state index contributed by atoms with van der Waals surface area (Å²) in [6, 6.07) is 6.20. The summed E-state index contributed by atoms with van der Waals surface area (Å²) < 4.78 is 0. The fourth-order valence-electron chi connectivity index (χ4n) is 1.76. The zero-order chi connectivity index (χ0) is 9.97. The van der Waals surface area contributed by atoms with Crippen LogP contribution in [-0.4, -0.2) is 11.3 Å². The van der Waals surface area contributed by atoms with E-state index in [1.807, 2.05) is 23.9 Å². The first-order chi connectivity index (χ1) is 6.81. The van der Waals surface area contributed by atoms with Gasteiger partial charge in [0.05, 0.1) is 6.54 Å². The van der Waals surface area contributed by atoms with E-state index in [1.54, 1.807) is 6.08 Å². The normalized spacial score (nSPS) is 18.8. The van der Waals surface area contributed by atoms with Crippen molar-refractivity contribution in [2.75, 3.05) is 0 Å². The molecule has 0 bridgehead atoms. The van der Waals surface area contributed by atoms with Gasteiger partial charge in [0.1, 0.15) is 0 Å². The van der Waals surface area contributed by atoms with Crippen LogP contribution in [0.1, 0.15) is 18.1 Å². The molecule has 0 spiro atoms. The molecule has 72 valence electrons. The highest BCUT2D eigenvalue weighted by Gasteiger charge is 2.20. The molecule has 1 unspecified atom stereocenters. The van der Waals surface area contributed by atoms with E-state index in [1.165, 1.54) is 16.0 Å². The highest BCUT2D eigenvalue weighted by atomic mass is 32.2. The van der Waals surface area contributed by atoms with Gasteiger partial charge in [0.2, 0.25) is 6.08 Å². The minimum atomic E-state index is 0.472. The van der Waals surface area contributed by atoms with Crippen LogP contribution in [0.3, 0.4) is 0 Å². The van der Waals surface area contributed by atoms with E-state index >= 15 is 0 Å². The molecule has 1 heterocycles. The molecular formula is C11H11NOS. The number of nitrogens with zero attached hydrogens (tertiary/aromatic N) is 1. The second-order valence-electron chi connectivity index (χ2n) is 3.43. The van der Waals surface area contributed by atoms with Crippen molar-refractivity contribution < 1.29 is 4.79 Å². The number of hydrogen-bond donors (Lipinski definition) is 0. The molecule has 14 heavy (non-hydrogen) atoms. The van der Waals surface area contributed by atoms with Gasteiger partial charge in [-0.3, -0.25) is 0 Å². The molecule has 0 aliphatic carbocycles. The third kappa shape index (κ3) is 1.74. The summed E-state index contributed by atoms with van der Waals surface area (Å²) >= 11 is 1.90. The van der Waals surface area contributed by atoms with Crippen LogP contribution in [0, 0.1) is 0 Å². The summed E-state index contributed by atoms with van der Waals surface area (Å²) in [7, 11) is 0. The first kappa shape index (κ1) is 9.50. The molecule has 3 heteroatoms. The smallest absolute Gasteiger partial charge is 0.211 e. The maximum absolute atomic E-state index is 10.0. The summed E-state index contributed by atoms with van der Waals surface area (Å²) in [5.41, 5.74) is 2.53. The van der Waals surface area contributed by atoms with Crippen molar-refractivity contribution in [3.05, 3.63) is 29.3 Å². The number of thioether (sulfide) groups is 1. The maximum Gasteiger partial charge on any atom is 0.235 e. The van der Waals surface area contributed by atoms with Gasteiger partial charge in [-0.15, -0.1) is 11.8 Å². The Labute approximate surface area is 87.4 Å². The largest absolute Gasteiger partial charge is 0.235 e. The lowest BCUT2D eigenvalue weighted by atomic mass is 10.0. The van der Waals surface area contributed by atoms with Crippen LogP contribution in [0.15, 0.2) is 28.1 Å². The summed E-state index contributed by atoms with van der Waals surface area (Å²) in [6.07, 6.45) is 2.67. The molecular weight excluding hydrogens is 194 g/mol. The highest BCUT2D eigenvalue weighted by molar-refractivity contribution is 8.00. The molecule has 0 fully saturated rings. The van der Waals surface area contributed by atoms with Crippen LogP contribution in [0.25, 0.3) is 0 Å². The van der Waals surface area contributed by atoms with Crippen molar-refractivity contribution in [2.24, 2.45) is 4.99 Å². The van der Waals surface area contributed by atoms with Gasteiger partial charge in [0.15, 0.2) is 0 Å². The van der Waals surface area contributed by atoms with E-state index in [2.05, 4.69) is 18.0 Å². The first-order valence-electron chi connectivity index (χ1n) is 4.62. The van der Waals surface area contributed by atoms with Gasteiger partial charge in [-0.2, -0.15) is 0 Å². The molecule has 0 amide bonds. The van der Waals surface area contributed by atoms with Gasteiger partial charge in [0.25, 0.3) is 0 Å². The Bertz CT molecular complexity index is 396. The number of aliphatic imine (C=N–C) groups is 1. The van der Waals surface area contributed by atoms with Gasteiger partial charge in [-0.25, -0.2) is 9.79 Å². The summed E-state index contributed by atoms with van der Waals surface area (Å²) in [5, 5.41) is 0.645. The zero-order valence-corrected chi connectivity index (χ0v) is 8.80. The predicted octanol–water partition coefficient (Wildman–Crippen LogP) is 2.56. The number of hydrogen-bond acceptors (Lipinski definition) is 3. The zero-order valence-electron chi connectivity index (χ0n) is 7.99. The number of isocyanates is 1. The Hall–Kier alpha value is -1.05. The van der Waals surface area contributed by atoms with Crippen molar-refractivity contribution in [2.45, 2.75) is 30.0 Å². The Morgan fingerprint density at radius 2 is 2.50 bits per heavy atom. The lowest BCUT2D eigenvalue weighted by Crippen LogP contribution is -1.95. The van der Waals surface area contributed by atoms with Crippen molar-refractivity contribution in [3.63, 3.8) is 0 Å². The molecule has 0 N–H and O–H groups in total. The highest BCUT2D eigenvalue weighted by Crippen LogP contribution is 2.38. The van der Waals surface area contributed by atoms with Gasteiger partial charge in [0, 0.05) is 10.1 Å². The number of fused-ring (bicyclic) bond motifs is 1. The Kier molecular flexibility index (Phi) is 2.71. The van der Waals surface area contributed by atoms with Gasteiger partial charge >= 0.3 is 0 Å². The molecule has 0 radical (unpaired) electrons. The number of benzene rings is 1. The maximum atomic E-state index is 10.0. The first-order valence-corrected chi connectivity index (χ1v) is 5.50. The van der Waals surface area contributed by atoms with Crippen LogP contribution in [0.2, 0.25) is 0 Å². The SMILES string of the molecule is CC1Cc2c(CN=C=O)cccc2S1. The molecule has 0 saturated carbocycles. The molecule has 1 atom stereocenters. The van der Waals surface area contributed by atoms with E-state index in [9.17, 15) is 4.79 Å². The van der Waals surface area contributed by atoms with Crippen molar-refractivity contribution >= 4 is 17.8 Å². The quantitative estimate of drug-likeness (QED) is 0.548. The molecule has 0 aromatic heterocycles. The van der Waals surface area contributed by atoms with Gasteiger partial charge < -0.3 is 0 Å². The molecule has 1 aromatic carbocycles. The Morgan fingerprint density at radius 1 is 1.64 bits per heavy atom. The molecule has 1 aliphatic heterocycles. The predicted molar refractivity (Wildman–Crippen MR) is 57.3 cm³/mol. The van der Waals surface area contributed by atoms with E-state index < -0.39 is 0 Å².